The van der Waals surface area contributed by atoms with Crippen LogP contribution in [0.4, 0.5) is 0 Å². The van der Waals surface area contributed by atoms with Crippen molar-refractivity contribution in [1.82, 2.24) is 5.32 Å². The van der Waals surface area contributed by atoms with Gasteiger partial charge in [0.25, 0.3) is 0 Å². The highest BCUT2D eigenvalue weighted by molar-refractivity contribution is 4.69. The maximum Gasteiger partial charge on any atom is 0.00965 e. The van der Waals surface area contributed by atoms with Crippen molar-refractivity contribution in [3.63, 3.8) is 0 Å². The summed E-state index contributed by atoms with van der Waals surface area (Å²) in [5.74, 6) is 0.993. The summed E-state index contributed by atoms with van der Waals surface area (Å²) < 4.78 is 0. The summed E-state index contributed by atoms with van der Waals surface area (Å²) in [4.78, 5) is 0. The van der Waals surface area contributed by atoms with Crippen LogP contribution in [-0.2, 0) is 0 Å². The van der Waals surface area contributed by atoms with Gasteiger partial charge in [-0.3, -0.25) is 0 Å². The third-order valence-corrected chi connectivity index (χ3v) is 3.74. The first kappa shape index (κ1) is 18.0. The second kappa shape index (κ2) is 10.8. The Morgan fingerprint density at radius 2 is 1.44 bits per heavy atom. The lowest BCUT2D eigenvalue weighted by Gasteiger charge is -2.20. The van der Waals surface area contributed by atoms with Crippen LogP contribution in [0.1, 0.15) is 92.4 Å². The van der Waals surface area contributed by atoms with E-state index in [2.05, 4.69) is 39.9 Å². The summed E-state index contributed by atoms with van der Waals surface area (Å²) in [6.45, 7) is 12.6. The molecule has 0 spiro atoms. The molecule has 110 valence electrons. The summed E-state index contributed by atoms with van der Waals surface area (Å²) >= 11 is 0. The first-order valence-electron chi connectivity index (χ1n) is 8.24. The summed E-state index contributed by atoms with van der Waals surface area (Å²) in [5.41, 5.74) is 0.284. The molecule has 1 nitrogen and oxygen atoms in total. The Hall–Kier alpha value is -0.0400. The predicted octanol–water partition coefficient (Wildman–Crippen LogP) is 5.54. The van der Waals surface area contributed by atoms with Crippen LogP contribution in [0.25, 0.3) is 0 Å². The van der Waals surface area contributed by atoms with Crippen LogP contribution in [0.5, 0.6) is 0 Å². The Kier molecular flexibility index (Phi) is 10.8. The van der Waals surface area contributed by atoms with Crippen LogP contribution < -0.4 is 5.32 Å². The Morgan fingerprint density at radius 3 is 1.94 bits per heavy atom. The molecule has 1 unspecified atom stereocenters. The van der Waals surface area contributed by atoms with Gasteiger partial charge in [-0.1, -0.05) is 65.2 Å². The molecule has 0 saturated heterocycles. The minimum atomic E-state index is 0.284. The van der Waals surface area contributed by atoms with E-state index in [9.17, 15) is 0 Å². The molecule has 1 heteroatoms. The van der Waals surface area contributed by atoms with E-state index in [0.717, 1.165) is 5.92 Å². The Morgan fingerprint density at radius 1 is 0.833 bits per heavy atom. The second-order valence-corrected chi connectivity index (χ2v) is 6.80. The van der Waals surface area contributed by atoms with Crippen molar-refractivity contribution < 1.29 is 0 Å². The topological polar surface area (TPSA) is 12.0 Å². The van der Waals surface area contributed by atoms with E-state index in [-0.39, 0.29) is 5.54 Å². The summed E-state index contributed by atoms with van der Waals surface area (Å²) in [5, 5.41) is 3.57. The molecule has 18 heavy (non-hydrogen) atoms. The lowest BCUT2D eigenvalue weighted by molar-refractivity contribution is 0.385. The van der Waals surface area contributed by atoms with Gasteiger partial charge in [-0.25, -0.2) is 0 Å². The molecule has 0 radical (unpaired) electrons. The van der Waals surface area contributed by atoms with Crippen LogP contribution in [0, 0.1) is 5.92 Å². The third kappa shape index (κ3) is 12.4. The lowest BCUT2D eigenvalue weighted by atomic mass is 9.93. The Bertz CT molecular complexity index is 169. The van der Waals surface area contributed by atoms with Gasteiger partial charge in [0, 0.05) is 5.54 Å². The minimum absolute atomic E-state index is 0.284. The molecule has 0 aromatic heterocycles. The largest absolute Gasteiger partial charge is 0.312 e. The van der Waals surface area contributed by atoms with Crippen LogP contribution in [0.3, 0.4) is 0 Å². The number of hydrogen-bond acceptors (Lipinski definition) is 1. The highest BCUT2D eigenvalue weighted by Crippen LogP contribution is 2.20. The highest BCUT2D eigenvalue weighted by Gasteiger charge is 2.08. The maximum absolute atomic E-state index is 3.57. The van der Waals surface area contributed by atoms with Gasteiger partial charge in [0.05, 0.1) is 0 Å². The van der Waals surface area contributed by atoms with Gasteiger partial charge in [0.15, 0.2) is 0 Å². The molecule has 0 saturated carbocycles. The zero-order valence-corrected chi connectivity index (χ0v) is 13.6. The van der Waals surface area contributed by atoms with Gasteiger partial charge < -0.3 is 5.32 Å². The van der Waals surface area contributed by atoms with Gasteiger partial charge in [0.2, 0.25) is 0 Å². The average Bonchev–Trinajstić information content (AvgIpc) is 2.30. The Labute approximate surface area is 116 Å². The summed E-state index contributed by atoms with van der Waals surface area (Å²) in [7, 11) is 0. The molecule has 0 rings (SSSR count). The molecule has 0 bridgehead atoms. The van der Waals surface area contributed by atoms with Gasteiger partial charge in [0.1, 0.15) is 0 Å². The van der Waals surface area contributed by atoms with Crippen LogP contribution >= 0.6 is 0 Å². The minimum Gasteiger partial charge on any atom is -0.312 e. The Balaban J connectivity index is 3.39. The van der Waals surface area contributed by atoms with Crippen molar-refractivity contribution in [2.45, 2.75) is 97.9 Å². The van der Waals surface area contributed by atoms with Crippen molar-refractivity contribution in [3.8, 4) is 0 Å². The highest BCUT2D eigenvalue weighted by atomic mass is 14.9. The molecule has 0 aliphatic carbocycles. The molecule has 1 atom stereocenters. The number of hydrogen-bond donors (Lipinski definition) is 1. The molecule has 0 aliphatic heterocycles. The smallest absolute Gasteiger partial charge is 0.00965 e. The average molecular weight is 255 g/mol. The first-order valence-corrected chi connectivity index (χ1v) is 8.24. The SMILES string of the molecule is CCCCCC(CC)CCCCCNC(C)(C)C. The fourth-order valence-electron chi connectivity index (χ4n) is 2.43. The first-order chi connectivity index (χ1) is 8.49. The van der Waals surface area contributed by atoms with E-state index >= 15 is 0 Å². The van der Waals surface area contributed by atoms with E-state index in [1.807, 2.05) is 0 Å². The molecular formula is C17H37N. The van der Waals surface area contributed by atoms with Crippen molar-refractivity contribution in [3.05, 3.63) is 0 Å². The number of unbranched alkanes of at least 4 members (excludes halogenated alkanes) is 4. The molecule has 0 fully saturated rings. The van der Waals surface area contributed by atoms with Crippen molar-refractivity contribution in [2.24, 2.45) is 5.92 Å². The zero-order chi connectivity index (χ0) is 13.9. The fourth-order valence-corrected chi connectivity index (χ4v) is 2.43. The fraction of sp³-hybridized carbons (Fsp3) is 1.00. The van der Waals surface area contributed by atoms with Gasteiger partial charge in [-0.05, 0) is 39.7 Å². The quantitative estimate of drug-likeness (QED) is 0.478. The lowest BCUT2D eigenvalue weighted by Crippen LogP contribution is -2.36. The third-order valence-electron chi connectivity index (χ3n) is 3.74. The molecule has 0 aromatic rings. The van der Waals surface area contributed by atoms with E-state index in [0.29, 0.717) is 0 Å². The molecular weight excluding hydrogens is 218 g/mol. The monoisotopic (exact) mass is 255 g/mol. The molecule has 0 amide bonds. The van der Waals surface area contributed by atoms with Gasteiger partial charge in [-0.2, -0.15) is 0 Å². The molecule has 1 N–H and O–H groups in total. The molecule has 0 heterocycles. The van der Waals surface area contributed by atoms with Crippen LogP contribution in [-0.4, -0.2) is 12.1 Å². The summed E-state index contributed by atoms with van der Waals surface area (Å²) in [6.07, 6.45) is 12.7. The van der Waals surface area contributed by atoms with E-state index in [4.69, 9.17) is 0 Å². The maximum atomic E-state index is 3.57. The van der Waals surface area contributed by atoms with E-state index < -0.39 is 0 Å². The standard InChI is InChI=1S/C17H37N/c1-6-8-10-13-16(7-2)14-11-9-12-15-18-17(3,4)5/h16,18H,6-15H2,1-5H3. The number of nitrogens with one attached hydrogen (secondary N) is 1. The molecule has 0 aromatic carbocycles. The summed E-state index contributed by atoms with van der Waals surface area (Å²) in [6, 6.07) is 0. The number of rotatable bonds is 11. The zero-order valence-electron chi connectivity index (χ0n) is 13.6. The van der Waals surface area contributed by atoms with Gasteiger partial charge >= 0.3 is 0 Å². The normalized spacial score (nSPS) is 13.8. The van der Waals surface area contributed by atoms with Crippen molar-refractivity contribution >= 4 is 0 Å². The van der Waals surface area contributed by atoms with Crippen LogP contribution in [0.2, 0.25) is 0 Å². The predicted molar refractivity (Wildman–Crippen MR) is 84.1 cm³/mol. The molecule has 0 aliphatic rings. The van der Waals surface area contributed by atoms with Crippen molar-refractivity contribution in [2.75, 3.05) is 6.54 Å². The van der Waals surface area contributed by atoms with Crippen LogP contribution in [0.15, 0.2) is 0 Å². The van der Waals surface area contributed by atoms with E-state index in [1.54, 1.807) is 0 Å². The van der Waals surface area contributed by atoms with Gasteiger partial charge in [-0.15, -0.1) is 0 Å². The second-order valence-electron chi connectivity index (χ2n) is 6.80. The van der Waals surface area contributed by atoms with Crippen molar-refractivity contribution in [1.29, 1.82) is 0 Å². The van der Waals surface area contributed by atoms with E-state index in [1.165, 1.54) is 64.3 Å².